The van der Waals surface area contributed by atoms with Crippen LogP contribution in [0, 0.1) is 5.53 Å². The minimum absolute atomic E-state index is 0.0645. The number of hydrogen-bond acceptors (Lipinski definition) is 7. The van der Waals surface area contributed by atoms with Crippen molar-refractivity contribution in [2.75, 3.05) is 26.3 Å². The van der Waals surface area contributed by atoms with Crippen LogP contribution in [0.2, 0.25) is 0 Å². The molecule has 0 aromatic rings. The minimum Gasteiger partial charge on any atom is -0.465 e. The number of nitrogens with two attached hydrogens (primary N) is 1. The SMILES string of the molecule is N=NNCC(=O)OCCCCCCCCOC(=O)CN. The van der Waals surface area contributed by atoms with Crippen molar-refractivity contribution in [2.24, 2.45) is 11.0 Å². The zero-order chi connectivity index (χ0) is 15.1. The maximum absolute atomic E-state index is 11.0. The average molecular weight is 288 g/mol. The topological polar surface area (TPSA) is 127 Å². The summed E-state index contributed by atoms with van der Waals surface area (Å²) in [6.07, 6.45) is 5.80. The van der Waals surface area contributed by atoms with Crippen molar-refractivity contribution in [3.05, 3.63) is 0 Å². The van der Waals surface area contributed by atoms with Gasteiger partial charge in [0.1, 0.15) is 6.54 Å². The molecule has 20 heavy (non-hydrogen) atoms. The third-order valence-electron chi connectivity index (χ3n) is 2.53. The van der Waals surface area contributed by atoms with E-state index in [1.165, 1.54) is 0 Å². The predicted octanol–water partition coefficient (Wildman–Crippen LogP) is 0.908. The van der Waals surface area contributed by atoms with Crippen LogP contribution in [0.3, 0.4) is 0 Å². The first-order valence-electron chi connectivity index (χ1n) is 6.81. The zero-order valence-electron chi connectivity index (χ0n) is 11.7. The van der Waals surface area contributed by atoms with Gasteiger partial charge in [-0.15, -0.1) is 0 Å². The number of hydrogen-bond donors (Lipinski definition) is 3. The minimum atomic E-state index is -0.400. The molecule has 8 nitrogen and oxygen atoms in total. The molecule has 0 rings (SSSR count). The van der Waals surface area contributed by atoms with E-state index in [9.17, 15) is 9.59 Å². The van der Waals surface area contributed by atoms with Crippen molar-refractivity contribution >= 4 is 11.9 Å². The van der Waals surface area contributed by atoms with Gasteiger partial charge in [0.25, 0.3) is 0 Å². The Morgan fingerprint density at radius 1 is 0.950 bits per heavy atom. The molecule has 0 radical (unpaired) electrons. The van der Waals surface area contributed by atoms with E-state index in [1.54, 1.807) is 0 Å². The molecule has 0 spiro atoms. The van der Waals surface area contributed by atoms with Crippen molar-refractivity contribution in [3.63, 3.8) is 0 Å². The fourth-order valence-electron chi connectivity index (χ4n) is 1.50. The molecule has 0 fully saturated rings. The van der Waals surface area contributed by atoms with Gasteiger partial charge in [-0.3, -0.25) is 15.0 Å². The molecule has 0 aromatic heterocycles. The third-order valence-corrected chi connectivity index (χ3v) is 2.53. The molecule has 0 aliphatic heterocycles. The number of carbonyl (C=O) groups excluding carboxylic acids is 2. The summed E-state index contributed by atoms with van der Waals surface area (Å²) < 4.78 is 9.76. The van der Waals surface area contributed by atoms with Gasteiger partial charge in [0.2, 0.25) is 0 Å². The van der Waals surface area contributed by atoms with E-state index in [-0.39, 0.29) is 19.1 Å². The van der Waals surface area contributed by atoms with Gasteiger partial charge in [-0.25, -0.2) is 0 Å². The predicted molar refractivity (Wildman–Crippen MR) is 71.8 cm³/mol. The van der Waals surface area contributed by atoms with Crippen LogP contribution in [0.15, 0.2) is 5.22 Å². The maximum Gasteiger partial charge on any atom is 0.327 e. The summed E-state index contributed by atoms with van der Waals surface area (Å²) in [6.45, 7) is 0.698. The van der Waals surface area contributed by atoms with Crippen LogP contribution in [0.1, 0.15) is 38.5 Å². The molecule has 0 amide bonds. The molecule has 116 valence electrons. The number of nitrogens with one attached hydrogen (secondary N) is 2. The van der Waals surface area contributed by atoms with Crippen molar-refractivity contribution < 1.29 is 19.1 Å². The summed E-state index contributed by atoms with van der Waals surface area (Å²) in [5.41, 5.74) is 13.8. The average Bonchev–Trinajstić information content (AvgIpc) is 2.46. The molecule has 0 bridgehead atoms. The molecule has 0 unspecified atom stereocenters. The molecule has 0 aromatic carbocycles. The highest BCUT2D eigenvalue weighted by atomic mass is 16.5. The van der Waals surface area contributed by atoms with Crippen molar-refractivity contribution in [2.45, 2.75) is 38.5 Å². The molecule has 8 heteroatoms. The van der Waals surface area contributed by atoms with Crippen LogP contribution >= 0.6 is 0 Å². The van der Waals surface area contributed by atoms with Gasteiger partial charge in [-0.1, -0.05) is 30.9 Å². The van der Waals surface area contributed by atoms with Gasteiger partial charge >= 0.3 is 11.9 Å². The lowest BCUT2D eigenvalue weighted by Crippen LogP contribution is -2.20. The van der Waals surface area contributed by atoms with E-state index >= 15 is 0 Å². The lowest BCUT2D eigenvalue weighted by atomic mass is 10.1. The van der Waals surface area contributed by atoms with E-state index in [0.29, 0.717) is 13.2 Å². The Hall–Kier alpha value is -1.70. The second-order valence-electron chi connectivity index (χ2n) is 4.21. The Bertz CT molecular complexity index is 287. The van der Waals surface area contributed by atoms with E-state index in [4.69, 9.17) is 20.7 Å². The van der Waals surface area contributed by atoms with Crippen LogP contribution in [0.5, 0.6) is 0 Å². The molecule has 0 saturated heterocycles. The molecular formula is C12H24N4O4. The zero-order valence-corrected chi connectivity index (χ0v) is 11.7. The number of rotatable bonds is 13. The summed E-state index contributed by atoms with van der Waals surface area (Å²) in [7, 11) is 0. The fourth-order valence-corrected chi connectivity index (χ4v) is 1.50. The number of unbranched alkanes of at least 4 members (excludes halogenated alkanes) is 5. The molecule has 4 N–H and O–H groups in total. The first-order chi connectivity index (χ1) is 9.70. The highest BCUT2D eigenvalue weighted by Gasteiger charge is 2.01. The van der Waals surface area contributed by atoms with Gasteiger partial charge in [0.15, 0.2) is 0 Å². The van der Waals surface area contributed by atoms with Crippen LogP contribution in [0.25, 0.3) is 0 Å². The third kappa shape index (κ3) is 12.7. The summed E-state index contributed by atoms with van der Waals surface area (Å²) in [4.78, 5) is 21.7. The van der Waals surface area contributed by atoms with Gasteiger partial charge < -0.3 is 15.2 Å². The normalized spacial score (nSPS) is 9.85. The summed E-state index contributed by atoms with van der Waals surface area (Å²) in [6, 6.07) is 0. The molecule has 0 aliphatic carbocycles. The van der Waals surface area contributed by atoms with Crippen molar-refractivity contribution in [3.8, 4) is 0 Å². The van der Waals surface area contributed by atoms with Crippen molar-refractivity contribution in [1.82, 2.24) is 5.43 Å². The first kappa shape index (κ1) is 18.3. The van der Waals surface area contributed by atoms with Gasteiger partial charge in [0.05, 0.1) is 19.8 Å². The lowest BCUT2D eigenvalue weighted by Gasteiger charge is -2.05. The molecule has 0 heterocycles. The molecule has 0 saturated carbocycles. The Morgan fingerprint density at radius 3 is 1.95 bits per heavy atom. The number of ether oxygens (including phenoxy) is 2. The van der Waals surface area contributed by atoms with E-state index < -0.39 is 5.97 Å². The second kappa shape index (κ2) is 13.7. The monoisotopic (exact) mass is 288 g/mol. The fraction of sp³-hybridized carbons (Fsp3) is 0.833. The second-order valence-corrected chi connectivity index (χ2v) is 4.21. The quantitative estimate of drug-likeness (QED) is 0.200. The maximum atomic E-state index is 11.0. The summed E-state index contributed by atoms with van der Waals surface area (Å²) >= 11 is 0. The largest absolute Gasteiger partial charge is 0.465 e. The van der Waals surface area contributed by atoms with Gasteiger partial charge in [-0.05, 0) is 12.8 Å². The van der Waals surface area contributed by atoms with E-state index in [1.807, 2.05) is 0 Å². The molecular weight excluding hydrogens is 264 g/mol. The molecule has 0 atom stereocenters. The molecule has 0 aliphatic rings. The van der Waals surface area contributed by atoms with Crippen LogP contribution < -0.4 is 11.2 Å². The summed E-state index contributed by atoms with van der Waals surface area (Å²) in [5, 5.41) is 2.85. The Labute approximate surface area is 118 Å². The first-order valence-corrected chi connectivity index (χ1v) is 6.81. The summed E-state index contributed by atoms with van der Waals surface area (Å²) in [5.74, 6) is -0.762. The highest BCUT2D eigenvalue weighted by molar-refractivity contribution is 5.71. The number of carbonyl (C=O) groups is 2. The Kier molecular flexibility index (Phi) is 12.6. The van der Waals surface area contributed by atoms with Crippen LogP contribution in [-0.2, 0) is 19.1 Å². The Morgan fingerprint density at radius 2 is 1.45 bits per heavy atom. The number of nitrogens with zero attached hydrogens (tertiary/aromatic N) is 1. The highest BCUT2D eigenvalue weighted by Crippen LogP contribution is 2.05. The van der Waals surface area contributed by atoms with Gasteiger partial charge in [-0.2, -0.15) is 5.53 Å². The van der Waals surface area contributed by atoms with E-state index in [2.05, 4.69) is 10.6 Å². The lowest BCUT2D eigenvalue weighted by molar-refractivity contribution is -0.143. The van der Waals surface area contributed by atoms with Crippen LogP contribution in [0.4, 0.5) is 0 Å². The van der Waals surface area contributed by atoms with E-state index in [0.717, 1.165) is 38.5 Å². The Balaban J connectivity index is 3.15. The van der Waals surface area contributed by atoms with Crippen molar-refractivity contribution in [1.29, 1.82) is 5.53 Å². The van der Waals surface area contributed by atoms with Crippen LogP contribution in [-0.4, -0.2) is 38.2 Å². The van der Waals surface area contributed by atoms with Gasteiger partial charge in [0, 0.05) is 0 Å². The number of esters is 2. The standard InChI is InChI=1S/C12H24N4O4/c13-9-11(17)19-7-5-3-1-2-4-6-8-20-12(18)10-15-16-14/h1-10,13H2,(H2,14,15). The smallest absolute Gasteiger partial charge is 0.327 e.